The molecule has 2 aromatic rings. The van der Waals surface area contributed by atoms with Gasteiger partial charge in [-0.05, 0) is 43.5 Å². The number of carbonyl (C=O) groups is 1. The van der Waals surface area contributed by atoms with E-state index in [0.29, 0.717) is 11.4 Å². The maximum atomic E-state index is 12.4. The molecule has 1 N–H and O–H groups in total. The van der Waals surface area contributed by atoms with Gasteiger partial charge >= 0.3 is 0 Å². The van der Waals surface area contributed by atoms with Crippen LogP contribution in [0.2, 0.25) is 0 Å². The number of hydrogen-bond donors (Lipinski definition) is 1. The normalized spacial score (nSPS) is 15.2. The predicted molar refractivity (Wildman–Crippen MR) is 94.7 cm³/mol. The average molecular weight is 325 g/mol. The highest BCUT2D eigenvalue weighted by Gasteiger charge is 2.21. The van der Waals surface area contributed by atoms with Gasteiger partial charge in [-0.2, -0.15) is 0 Å². The fourth-order valence-electron chi connectivity index (χ4n) is 3.04. The smallest absolute Gasteiger partial charge is 0.251 e. The SMILES string of the molecule is COc1cc(C(=O)NC2CCN(c3cccc(C)c3)CC2)ccn1. The van der Waals surface area contributed by atoms with Gasteiger partial charge in [0.1, 0.15) is 0 Å². The highest BCUT2D eigenvalue weighted by Crippen LogP contribution is 2.21. The number of aromatic nitrogens is 1. The number of piperidine rings is 1. The number of methoxy groups -OCH3 is 1. The first-order valence-corrected chi connectivity index (χ1v) is 8.28. The molecule has 1 saturated heterocycles. The molecule has 3 rings (SSSR count). The molecule has 1 aromatic heterocycles. The highest BCUT2D eigenvalue weighted by atomic mass is 16.5. The molecule has 0 spiro atoms. The minimum absolute atomic E-state index is 0.0651. The summed E-state index contributed by atoms with van der Waals surface area (Å²) in [6, 6.07) is 12.1. The number of carbonyl (C=O) groups excluding carboxylic acids is 1. The van der Waals surface area contributed by atoms with Crippen LogP contribution in [0.15, 0.2) is 42.6 Å². The van der Waals surface area contributed by atoms with E-state index in [4.69, 9.17) is 4.74 Å². The molecule has 1 aliphatic heterocycles. The molecule has 24 heavy (non-hydrogen) atoms. The number of pyridine rings is 1. The third-order valence-corrected chi connectivity index (χ3v) is 4.40. The Morgan fingerprint density at radius 3 is 2.75 bits per heavy atom. The van der Waals surface area contributed by atoms with Gasteiger partial charge in [-0.15, -0.1) is 0 Å². The summed E-state index contributed by atoms with van der Waals surface area (Å²) in [6.07, 6.45) is 3.48. The lowest BCUT2D eigenvalue weighted by Crippen LogP contribution is -2.44. The van der Waals surface area contributed by atoms with E-state index in [1.165, 1.54) is 11.3 Å². The third kappa shape index (κ3) is 3.85. The van der Waals surface area contributed by atoms with Gasteiger partial charge < -0.3 is 15.0 Å². The molecule has 0 atom stereocenters. The van der Waals surface area contributed by atoms with E-state index < -0.39 is 0 Å². The van der Waals surface area contributed by atoms with Crippen molar-refractivity contribution >= 4 is 11.6 Å². The Labute approximate surface area is 142 Å². The molecule has 1 aromatic carbocycles. The number of ether oxygens (including phenoxy) is 1. The maximum absolute atomic E-state index is 12.4. The van der Waals surface area contributed by atoms with Crippen LogP contribution in [0.3, 0.4) is 0 Å². The number of anilines is 1. The monoisotopic (exact) mass is 325 g/mol. The number of nitrogens with one attached hydrogen (secondary N) is 1. The lowest BCUT2D eigenvalue weighted by Gasteiger charge is -2.34. The first kappa shape index (κ1) is 16.3. The summed E-state index contributed by atoms with van der Waals surface area (Å²) in [5.74, 6) is 0.390. The number of nitrogens with zero attached hydrogens (tertiary/aromatic N) is 2. The van der Waals surface area contributed by atoms with Crippen LogP contribution in [0.4, 0.5) is 5.69 Å². The molecule has 0 aliphatic carbocycles. The molecule has 1 aliphatic rings. The van der Waals surface area contributed by atoms with Gasteiger partial charge in [0.15, 0.2) is 0 Å². The Bertz CT molecular complexity index is 709. The lowest BCUT2D eigenvalue weighted by atomic mass is 10.0. The molecular formula is C19H23N3O2. The molecule has 126 valence electrons. The zero-order valence-electron chi connectivity index (χ0n) is 14.2. The number of benzene rings is 1. The summed E-state index contributed by atoms with van der Waals surface area (Å²) < 4.78 is 5.07. The second-order valence-corrected chi connectivity index (χ2v) is 6.16. The van der Waals surface area contributed by atoms with Crippen LogP contribution in [0.25, 0.3) is 0 Å². The molecule has 1 fully saturated rings. The van der Waals surface area contributed by atoms with Crippen LogP contribution in [0.1, 0.15) is 28.8 Å². The third-order valence-electron chi connectivity index (χ3n) is 4.40. The van der Waals surface area contributed by atoms with Crippen molar-refractivity contribution < 1.29 is 9.53 Å². The van der Waals surface area contributed by atoms with Crippen molar-refractivity contribution in [3.63, 3.8) is 0 Å². The molecule has 0 bridgehead atoms. The van der Waals surface area contributed by atoms with E-state index in [1.807, 2.05) is 0 Å². The van der Waals surface area contributed by atoms with Gasteiger partial charge in [0, 0.05) is 42.6 Å². The van der Waals surface area contributed by atoms with Crippen molar-refractivity contribution in [3.05, 3.63) is 53.7 Å². The minimum Gasteiger partial charge on any atom is -0.481 e. The fraction of sp³-hybridized carbons (Fsp3) is 0.368. The topological polar surface area (TPSA) is 54.5 Å². The van der Waals surface area contributed by atoms with Crippen molar-refractivity contribution in [3.8, 4) is 5.88 Å². The molecule has 0 saturated carbocycles. The van der Waals surface area contributed by atoms with Gasteiger partial charge in [0.05, 0.1) is 7.11 Å². The molecular weight excluding hydrogens is 302 g/mol. The van der Waals surface area contributed by atoms with E-state index in [9.17, 15) is 4.79 Å². The Morgan fingerprint density at radius 1 is 1.25 bits per heavy atom. The Morgan fingerprint density at radius 2 is 2.04 bits per heavy atom. The first-order valence-electron chi connectivity index (χ1n) is 8.28. The lowest BCUT2D eigenvalue weighted by molar-refractivity contribution is 0.0930. The van der Waals surface area contributed by atoms with Crippen LogP contribution < -0.4 is 15.0 Å². The van der Waals surface area contributed by atoms with Crippen molar-refractivity contribution in [2.45, 2.75) is 25.8 Å². The van der Waals surface area contributed by atoms with E-state index in [2.05, 4.69) is 46.4 Å². The van der Waals surface area contributed by atoms with Crippen LogP contribution in [-0.2, 0) is 0 Å². The Kier molecular flexibility index (Phi) is 4.99. The predicted octanol–water partition coefficient (Wildman–Crippen LogP) is 2.80. The second-order valence-electron chi connectivity index (χ2n) is 6.16. The van der Waals surface area contributed by atoms with Gasteiger partial charge in [-0.25, -0.2) is 4.98 Å². The van der Waals surface area contributed by atoms with Crippen molar-refractivity contribution in [2.24, 2.45) is 0 Å². The summed E-state index contributed by atoms with van der Waals surface area (Å²) >= 11 is 0. The zero-order chi connectivity index (χ0) is 16.9. The summed E-state index contributed by atoms with van der Waals surface area (Å²) in [5.41, 5.74) is 3.12. The molecule has 0 unspecified atom stereocenters. The molecule has 1 amide bonds. The van der Waals surface area contributed by atoms with Crippen molar-refractivity contribution in [1.29, 1.82) is 0 Å². The van der Waals surface area contributed by atoms with E-state index in [-0.39, 0.29) is 11.9 Å². The summed E-state index contributed by atoms with van der Waals surface area (Å²) in [6.45, 7) is 4.02. The Hall–Kier alpha value is -2.56. The Balaban J connectivity index is 1.56. The maximum Gasteiger partial charge on any atom is 0.251 e. The number of aryl methyl sites for hydroxylation is 1. The van der Waals surface area contributed by atoms with Gasteiger partial charge in [-0.3, -0.25) is 4.79 Å². The van der Waals surface area contributed by atoms with Crippen molar-refractivity contribution in [2.75, 3.05) is 25.1 Å². The van der Waals surface area contributed by atoms with Gasteiger partial charge in [-0.1, -0.05) is 12.1 Å². The molecule has 5 nitrogen and oxygen atoms in total. The quantitative estimate of drug-likeness (QED) is 0.939. The first-order chi connectivity index (χ1) is 11.7. The largest absolute Gasteiger partial charge is 0.481 e. The van der Waals surface area contributed by atoms with E-state index in [0.717, 1.165) is 25.9 Å². The average Bonchev–Trinajstić information content (AvgIpc) is 2.62. The van der Waals surface area contributed by atoms with E-state index in [1.54, 1.807) is 25.4 Å². The van der Waals surface area contributed by atoms with Crippen LogP contribution in [0, 0.1) is 6.92 Å². The van der Waals surface area contributed by atoms with Crippen LogP contribution in [0.5, 0.6) is 5.88 Å². The van der Waals surface area contributed by atoms with Gasteiger partial charge in [0.25, 0.3) is 5.91 Å². The summed E-state index contributed by atoms with van der Waals surface area (Å²) in [7, 11) is 1.55. The van der Waals surface area contributed by atoms with Crippen LogP contribution >= 0.6 is 0 Å². The number of amides is 1. The van der Waals surface area contributed by atoms with Crippen LogP contribution in [-0.4, -0.2) is 37.1 Å². The number of hydrogen-bond acceptors (Lipinski definition) is 4. The summed E-state index contributed by atoms with van der Waals surface area (Å²) in [5, 5.41) is 3.12. The number of rotatable bonds is 4. The van der Waals surface area contributed by atoms with E-state index >= 15 is 0 Å². The zero-order valence-corrected chi connectivity index (χ0v) is 14.2. The van der Waals surface area contributed by atoms with Crippen molar-refractivity contribution in [1.82, 2.24) is 10.3 Å². The molecule has 0 radical (unpaired) electrons. The fourth-order valence-corrected chi connectivity index (χ4v) is 3.04. The minimum atomic E-state index is -0.0651. The highest BCUT2D eigenvalue weighted by molar-refractivity contribution is 5.94. The van der Waals surface area contributed by atoms with Gasteiger partial charge in [0.2, 0.25) is 5.88 Å². The second kappa shape index (κ2) is 7.34. The summed E-state index contributed by atoms with van der Waals surface area (Å²) in [4.78, 5) is 18.8. The molecule has 5 heteroatoms. The standard InChI is InChI=1S/C19H23N3O2/c1-14-4-3-5-17(12-14)22-10-7-16(8-11-22)21-19(23)15-6-9-20-18(13-15)24-2/h3-6,9,12-13,16H,7-8,10-11H2,1-2H3,(H,21,23). The molecule has 2 heterocycles.